The number of nitrogens with one attached hydrogen (secondary N) is 1. The van der Waals surface area contributed by atoms with Crippen molar-refractivity contribution in [3.63, 3.8) is 0 Å². The van der Waals surface area contributed by atoms with Gasteiger partial charge in [-0.3, -0.25) is 9.78 Å². The number of nitrogens with zero attached hydrogens (tertiary/aromatic N) is 3. The van der Waals surface area contributed by atoms with Gasteiger partial charge in [-0.05, 0) is 25.1 Å². The third kappa shape index (κ3) is 4.39. The highest BCUT2D eigenvalue weighted by Crippen LogP contribution is 2.21. The molecule has 1 aromatic carbocycles. The number of carbonyl (C=O) groups excluding carboxylic acids is 1. The van der Waals surface area contributed by atoms with E-state index in [4.69, 9.17) is 0 Å². The van der Waals surface area contributed by atoms with Crippen LogP contribution in [-0.4, -0.2) is 26.6 Å². The Kier molecular flexibility index (Phi) is 5.18. The first-order chi connectivity index (χ1) is 11.7. The van der Waals surface area contributed by atoms with Gasteiger partial charge in [-0.1, -0.05) is 42.1 Å². The monoisotopic (exact) mass is 336 g/mol. The Morgan fingerprint density at radius 1 is 1.08 bits per heavy atom. The molecule has 0 unspecified atom stereocenters. The summed E-state index contributed by atoms with van der Waals surface area (Å²) >= 11 is 1.32. The third-order valence-corrected chi connectivity index (χ3v) is 4.05. The van der Waals surface area contributed by atoms with Gasteiger partial charge in [0.05, 0.1) is 11.4 Å². The van der Waals surface area contributed by atoms with Gasteiger partial charge < -0.3 is 5.32 Å². The van der Waals surface area contributed by atoms with Crippen molar-refractivity contribution >= 4 is 23.4 Å². The van der Waals surface area contributed by atoms with Crippen LogP contribution in [0.5, 0.6) is 0 Å². The molecule has 0 spiro atoms. The van der Waals surface area contributed by atoms with E-state index in [1.54, 1.807) is 24.5 Å². The molecule has 3 rings (SSSR count). The SMILES string of the molecule is Cc1cc(-c2ccccc2)nc(SCC(=O)Nc2ccncc2)n1. The van der Waals surface area contributed by atoms with Gasteiger partial charge in [-0.2, -0.15) is 0 Å². The van der Waals surface area contributed by atoms with Gasteiger partial charge in [0, 0.05) is 29.3 Å². The van der Waals surface area contributed by atoms with E-state index in [2.05, 4.69) is 20.3 Å². The molecule has 0 bridgehead atoms. The van der Waals surface area contributed by atoms with Crippen LogP contribution in [0.4, 0.5) is 5.69 Å². The lowest BCUT2D eigenvalue weighted by atomic mass is 10.1. The second kappa shape index (κ2) is 7.70. The molecule has 3 aromatic rings. The van der Waals surface area contributed by atoms with Gasteiger partial charge in [0.1, 0.15) is 0 Å². The molecule has 0 aliphatic heterocycles. The van der Waals surface area contributed by atoms with Crippen molar-refractivity contribution in [2.24, 2.45) is 0 Å². The van der Waals surface area contributed by atoms with Crippen molar-refractivity contribution in [2.75, 3.05) is 11.1 Å². The number of aryl methyl sites for hydroxylation is 1. The van der Waals surface area contributed by atoms with E-state index in [1.807, 2.05) is 43.3 Å². The molecule has 2 aromatic heterocycles. The molecule has 0 saturated carbocycles. The lowest BCUT2D eigenvalue weighted by Crippen LogP contribution is -2.14. The minimum atomic E-state index is -0.0995. The Balaban J connectivity index is 1.67. The molecule has 6 heteroatoms. The van der Waals surface area contributed by atoms with Crippen LogP contribution in [0.2, 0.25) is 0 Å². The van der Waals surface area contributed by atoms with E-state index >= 15 is 0 Å². The van der Waals surface area contributed by atoms with Crippen molar-refractivity contribution < 1.29 is 4.79 Å². The molecule has 2 heterocycles. The topological polar surface area (TPSA) is 67.8 Å². The zero-order chi connectivity index (χ0) is 16.8. The number of hydrogen-bond donors (Lipinski definition) is 1. The summed E-state index contributed by atoms with van der Waals surface area (Å²) in [4.78, 5) is 24.9. The molecule has 0 fully saturated rings. The second-order valence-corrected chi connectivity index (χ2v) is 6.06. The lowest BCUT2D eigenvalue weighted by molar-refractivity contribution is -0.113. The molecule has 0 radical (unpaired) electrons. The number of pyridine rings is 1. The largest absolute Gasteiger partial charge is 0.325 e. The van der Waals surface area contributed by atoms with Crippen LogP contribution in [0, 0.1) is 6.92 Å². The summed E-state index contributed by atoms with van der Waals surface area (Å²) in [6, 6.07) is 15.4. The van der Waals surface area contributed by atoms with Gasteiger partial charge in [-0.15, -0.1) is 0 Å². The summed E-state index contributed by atoms with van der Waals surface area (Å²) in [6.45, 7) is 1.93. The number of carbonyl (C=O) groups is 1. The standard InChI is InChI=1S/C18H16N4OS/c1-13-11-16(14-5-3-2-4-6-14)22-18(20-13)24-12-17(23)21-15-7-9-19-10-8-15/h2-11H,12H2,1H3,(H,19,21,23). The summed E-state index contributed by atoms with van der Waals surface area (Å²) < 4.78 is 0. The summed E-state index contributed by atoms with van der Waals surface area (Å²) in [6.07, 6.45) is 3.27. The van der Waals surface area contributed by atoms with Crippen LogP contribution in [0.1, 0.15) is 5.69 Å². The van der Waals surface area contributed by atoms with E-state index in [0.29, 0.717) is 5.16 Å². The molecule has 0 aliphatic carbocycles. The molecule has 0 saturated heterocycles. The lowest BCUT2D eigenvalue weighted by Gasteiger charge is -2.07. The molecule has 1 N–H and O–H groups in total. The Bertz CT molecular complexity index is 825. The number of thioether (sulfide) groups is 1. The first-order valence-electron chi connectivity index (χ1n) is 7.44. The van der Waals surface area contributed by atoms with Crippen LogP contribution in [0.3, 0.4) is 0 Å². The maximum absolute atomic E-state index is 12.0. The van der Waals surface area contributed by atoms with Crippen LogP contribution in [-0.2, 0) is 4.79 Å². The predicted octanol–water partition coefficient (Wildman–Crippen LogP) is 3.58. The minimum Gasteiger partial charge on any atom is -0.325 e. The maximum Gasteiger partial charge on any atom is 0.234 e. The van der Waals surface area contributed by atoms with Gasteiger partial charge in [0.15, 0.2) is 5.16 Å². The fraction of sp³-hybridized carbons (Fsp3) is 0.111. The average molecular weight is 336 g/mol. The molecule has 0 atom stereocenters. The fourth-order valence-corrected chi connectivity index (χ4v) is 2.83. The average Bonchev–Trinajstić information content (AvgIpc) is 2.61. The van der Waals surface area contributed by atoms with Gasteiger partial charge in [0.25, 0.3) is 0 Å². The first-order valence-corrected chi connectivity index (χ1v) is 8.43. The summed E-state index contributed by atoms with van der Waals surface area (Å²) in [7, 11) is 0. The Morgan fingerprint density at radius 3 is 2.58 bits per heavy atom. The summed E-state index contributed by atoms with van der Waals surface area (Å²) in [5, 5.41) is 3.41. The number of hydrogen-bond acceptors (Lipinski definition) is 5. The quantitative estimate of drug-likeness (QED) is 0.570. The van der Waals surface area contributed by atoms with Gasteiger partial charge in [0.2, 0.25) is 5.91 Å². The van der Waals surface area contributed by atoms with Crippen LogP contribution >= 0.6 is 11.8 Å². The Labute approximate surface area is 144 Å². The van der Waals surface area contributed by atoms with E-state index in [1.165, 1.54) is 11.8 Å². The highest BCUT2D eigenvalue weighted by atomic mass is 32.2. The first kappa shape index (κ1) is 16.1. The van der Waals surface area contributed by atoms with E-state index in [0.717, 1.165) is 22.6 Å². The van der Waals surface area contributed by atoms with Crippen molar-refractivity contribution in [2.45, 2.75) is 12.1 Å². The number of rotatable bonds is 5. The summed E-state index contributed by atoms with van der Waals surface area (Å²) in [5.74, 6) is 0.151. The molecular weight excluding hydrogens is 320 g/mol. The molecule has 1 amide bonds. The normalized spacial score (nSPS) is 10.4. The molecule has 24 heavy (non-hydrogen) atoms. The zero-order valence-electron chi connectivity index (χ0n) is 13.1. The van der Waals surface area contributed by atoms with Gasteiger partial charge >= 0.3 is 0 Å². The van der Waals surface area contributed by atoms with E-state index in [9.17, 15) is 4.79 Å². The molecule has 5 nitrogen and oxygen atoms in total. The smallest absolute Gasteiger partial charge is 0.234 e. The fourth-order valence-electron chi connectivity index (χ4n) is 2.13. The Morgan fingerprint density at radius 2 is 1.83 bits per heavy atom. The zero-order valence-corrected chi connectivity index (χ0v) is 14.0. The molecule has 120 valence electrons. The molecular formula is C18H16N4OS. The predicted molar refractivity (Wildman–Crippen MR) is 95.8 cm³/mol. The van der Waals surface area contributed by atoms with Crippen molar-refractivity contribution in [3.8, 4) is 11.3 Å². The van der Waals surface area contributed by atoms with Gasteiger partial charge in [-0.25, -0.2) is 9.97 Å². The highest BCUT2D eigenvalue weighted by Gasteiger charge is 2.08. The number of anilines is 1. The maximum atomic E-state index is 12.0. The molecule has 0 aliphatic rings. The number of aromatic nitrogens is 3. The summed E-state index contributed by atoms with van der Waals surface area (Å²) in [5.41, 5.74) is 3.50. The number of amides is 1. The van der Waals surface area contributed by atoms with Crippen LogP contribution in [0.15, 0.2) is 66.1 Å². The third-order valence-electron chi connectivity index (χ3n) is 3.20. The highest BCUT2D eigenvalue weighted by molar-refractivity contribution is 7.99. The van der Waals surface area contributed by atoms with Crippen LogP contribution < -0.4 is 5.32 Å². The number of benzene rings is 1. The van der Waals surface area contributed by atoms with Crippen LogP contribution in [0.25, 0.3) is 11.3 Å². The van der Waals surface area contributed by atoms with E-state index < -0.39 is 0 Å². The van der Waals surface area contributed by atoms with E-state index in [-0.39, 0.29) is 11.7 Å². The Hall–Kier alpha value is -2.73. The van der Waals surface area contributed by atoms with Crippen molar-refractivity contribution in [1.82, 2.24) is 15.0 Å². The van der Waals surface area contributed by atoms with Crippen molar-refractivity contribution in [3.05, 3.63) is 66.6 Å². The minimum absolute atomic E-state index is 0.0995. The second-order valence-electron chi connectivity index (χ2n) is 5.12. The van der Waals surface area contributed by atoms with Crippen molar-refractivity contribution in [1.29, 1.82) is 0 Å².